The molecule has 0 fully saturated rings. The molecule has 102 valence electrons. The second-order valence-corrected chi connectivity index (χ2v) is 6.49. The van der Waals surface area contributed by atoms with Gasteiger partial charge < -0.3 is 5.32 Å². The van der Waals surface area contributed by atoms with Crippen LogP contribution in [0.1, 0.15) is 26.7 Å². The molecule has 1 aromatic heterocycles. The van der Waals surface area contributed by atoms with Gasteiger partial charge in [0.25, 0.3) is 0 Å². The Bertz CT molecular complexity index is 400. The van der Waals surface area contributed by atoms with E-state index >= 15 is 0 Å². The van der Waals surface area contributed by atoms with Gasteiger partial charge >= 0.3 is 0 Å². The molecule has 0 aliphatic rings. The van der Waals surface area contributed by atoms with Gasteiger partial charge in [-0.15, -0.1) is 0 Å². The third-order valence-corrected chi connectivity index (χ3v) is 5.74. The van der Waals surface area contributed by atoms with Crippen molar-refractivity contribution in [2.75, 3.05) is 18.1 Å². The molecular formula is C12H17Cl3N2S. The lowest BCUT2D eigenvalue weighted by molar-refractivity contribution is 0.574. The first-order chi connectivity index (χ1) is 8.48. The summed E-state index contributed by atoms with van der Waals surface area (Å²) in [5.74, 6) is 0.589. The van der Waals surface area contributed by atoms with Crippen LogP contribution in [0.4, 0.5) is 5.82 Å². The number of halogens is 3. The Morgan fingerprint density at radius 2 is 1.83 bits per heavy atom. The average molecular weight is 328 g/mol. The van der Waals surface area contributed by atoms with E-state index < -0.39 is 0 Å². The summed E-state index contributed by atoms with van der Waals surface area (Å²) in [5, 5.41) is 4.40. The molecule has 0 saturated heterocycles. The summed E-state index contributed by atoms with van der Waals surface area (Å²) < 4.78 is 0.192. The van der Waals surface area contributed by atoms with E-state index in [4.69, 9.17) is 34.8 Å². The van der Waals surface area contributed by atoms with Crippen LogP contribution in [0.2, 0.25) is 15.2 Å². The van der Waals surface area contributed by atoms with E-state index in [1.165, 1.54) is 0 Å². The summed E-state index contributed by atoms with van der Waals surface area (Å²) in [6.45, 7) is 5.17. The summed E-state index contributed by atoms with van der Waals surface area (Å²) >= 11 is 19.7. The predicted octanol–water partition coefficient (Wildman–Crippen LogP) is 5.38. The minimum Gasteiger partial charge on any atom is -0.367 e. The van der Waals surface area contributed by atoms with Crippen LogP contribution in [-0.4, -0.2) is 22.5 Å². The predicted molar refractivity (Wildman–Crippen MR) is 84.6 cm³/mol. The molecule has 0 atom stereocenters. The highest BCUT2D eigenvalue weighted by Crippen LogP contribution is 2.33. The lowest BCUT2D eigenvalue weighted by Gasteiger charge is -2.30. The van der Waals surface area contributed by atoms with Crippen LogP contribution in [0.3, 0.4) is 0 Å². The van der Waals surface area contributed by atoms with E-state index in [2.05, 4.69) is 30.4 Å². The topological polar surface area (TPSA) is 24.9 Å². The molecule has 0 amide bonds. The first kappa shape index (κ1) is 16.2. The average Bonchev–Trinajstić information content (AvgIpc) is 2.37. The number of hydrogen-bond donors (Lipinski definition) is 1. The quantitative estimate of drug-likeness (QED) is 0.710. The number of nitrogens with zero attached hydrogens (tertiary/aromatic N) is 1. The van der Waals surface area contributed by atoms with Gasteiger partial charge in [0.1, 0.15) is 11.0 Å². The molecule has 1 N–H and O–H groups in total. The van der Waals surface area contributed by atoms with E-state index in [1.54, 1.807) is 6.07 Å². The summed E-state index contributed by atoms with van der Waals surface area (Å²) in [4.78, 5) is 4.16. The lowest BCUT2D eigenvalue weighted by atomic mass is 10.0. The van der Waals surface area contributed by atoms with Gasteiger partial charge in [0.05, 0.1) is 10.0 Å². The lowest BCUT2D eigenvalue weighted by Crippen LogP contribution is -2.32. The van der Waals surface area contributed by atoms with Crippen molar-refractivity contribution in [2.45, 2.75) is 31.4 Å². The highest BCUT2D eigenvalue weighted by Gasteiger charge is 2.25. The van der Waals surface area contributed by atoms with Crippen molar-refractivity contribution in [1.82, 2.24) is 4.98 Å². The zero-order valence-electron chi connectivity index (χ0n) is 10.7. The van der Waals surface area contributed by atoms with Gasteiger partial charge in [-0.25, -0.2) is 4.98 Å². The molecule has 0 bridgehead atoms. The fourth-order valence-electron chi connectivity index (χ4n) is 1.67. The third-order valence-electron chi connectivity index (χ3n) is 3.19. The number of pyridine rings is 1. The number of hydrogen-bond acceptors (Lipinski definition) is 3. The first-order valence-electron chi connectivity index (χ1n) is 5.78. The molecule has 6 heteroatoms. The Hall–Kier alpha value is 0.170. The van der Waals surface area contributed by atoms with E-state index in [0.717, 1.165) is 19.4 Å². The molecule has 0 aromatic carbocycles. The Kier molecular flexibility index (Phi) is 6.39. The Morgan fingerprint density at radius 3 is 2.33 bits per heavy atom. The standard InChI is InChI=1S/C12H17Cl3N2S/c1-4-12(5-2,18-3)7-16-11-9(14)6-8(13)10(15)17-11/h6H,4-5,7H2,1-3H3,(H,16,17). The minimum atomic E-state index is 0.192. The van der Waals surface area contributed by atoms with Crippen molar-refractivity contribution >= 4 is 52.4 Å². The van der Waals surface area contributed by atoms with Crippen LogP contribution < -0.4 is 5.32 Å². The molecular weight excluding hydrogens is 311 g/mol. The van der Waals surface area contributed by atoms with Crippen molar-refractivity contribution in [3.63, 3.8) is 0 Å². The summed E-state index contributed by atoms with van der Waals surface area (Å²) in [7, 11) is 0. The minimum absolute atomic E-state index is 0.192. The molecule has 0 aliphatic carbocycles. The van der Waals surface area contributed by atoms with Crippen molar-refractivity contribution in [1.29, 1.82) is 0 Å². The molecule has 0 unspecified atom stereocenters. The normalized spacial score (nSPS) is 11.7. The monoisotopic (exact) mass is 326 g/mol. The maximum atomic E-state index is 6.09. The second-order valence-electron chi connectivity index (χ2n) is 4.04. The molecule has 2 nitrogen and oxygen atoms in total. The molecule has 1 rings (SSSR count). The van der Waals surface area contributed by atoms with Crippen LogP contribution in [0.5, 0.6) is 0 Å². The number of nitrogens with one attached hydrogen (secondary N) is 1. The zero-order chi connectivity index (χ0) is 13.8. The Labute approximate surface area is 128 Å². The van der Waals surface area contributed by atoms with Gasteiger partial charge in [-0.2, -0.15) is 11.8 Å². The SMILES string of the molecule is CCC(CC)(CNc1nc(Cl)c(Cl)cc1Cl)SC. The fourth-order valence-corrected chi connectivity index (χ4v) is 3.03. The van der Waals surface area contributed by atoms with E-state index in [0.29, 0.717) is 15.9 Å². The highest BCUT2D eigenvalue weighted by molar-refractivity contribution is 8.00. The zero-order valence-corrected chi connectivity index (χ0v) is 13.8. The maximum Gasteiger partial charge on any atom is 0.150 e. The van der Waals surface area contributed by atoms with Gasteiger partial charge in [-0.05, 0) is 25.2 Å². The highest BCUT2D eigenvalue weighted by atomic mass is 35.5. The summed E-state index contributed by atoms with van der Waals surface area (Å²) in [6, 6.07) is 1.61. The van der Waals surface area contributed by atoms with Gasteiger partial charge in [-0.3, -0.25) is 0 Å². The smallest absolute Gasteiger partial charge is 0.150 e. The van der Waals surface area contributed by atoms with Crippen LogP contribution in [0.25, 0.3) is 0 Å². The number of anilines is 1. The molecule has 1 heterocycles. The Balaban J connectivity index is 2.83. The number of rotatable bonds is 6. The molecule has 1 aromatic rings. The molecule has 18 heavy (non-hydrogen) atoms. The first-order valence-corrected chi connectivity index (χ1v) is 8.14. The van der Waals surface area contributed by atoms with Crippen molar-refractivity contribution in [3.05, 3.63) is 21.3 Å². The van der Waals surface area contributed by atoms with Crippen molar-refractivity contribution < 1.29 is 0 Å². The maximum absolute atomic E-state index is 6.09. The summed E-state index contributed by atoms with van der Waals surface area (Å²) in [5.41, 5.74) is 0. The van der Waals surface area contributed by atoms with Crippen LogP contribution >= 0.6 is 46.6 Å². The van der Waals surface area contributed by atoms with Crippen molar-refractivity contribution in [2.24, 2.45) is 0 Å². The number of aromatic nitrogens is 1. The number of thioether (sulfide) groups is 1. The molecule has 0 saturated carbocycles. The Morgan fingerprint density at radius 1 is 1.22 bits per heavy atom. The van der Waals surface area contributed by atoms with Crippen LogP contribution in [0, 0.1) is 0 Å². The molecule has 0 aliphatic heterocycles. The third kappa shape index (κ3) is 3.83. The van der Waals surface area contributed by atoms with E-state index in [9.17, 15) is 0 Å². The van der Waals surface area contributed by atoms with Gasteiger partial charge in [0, 0.05) is 11.3 Å². The molecule has 0 spiro atoms. The second kappa shape index (κ2) is 7.09. The molecule has 0 radical (unpaired) electrons. The fraction of sp³-hybridized carbons (Fsp3) is 0.583. The van der Waals surface area contributed by atoms with Gasteiger partial charge in [-0.1, -0.05) is 48.7 Å². The largest absolute Gasteiger partial charge is 0.367 e. The van der Waals surface area contributed by atoms with Gasteiger partial charge in [0.15, 0.2) is 0 Å². The van der Waals surface area contributed by atoms with E-state index in [1.807, 2.05) is 11.8 Å². The van der Waals surface area contributed by atoms with Gasteiger partial charge in [0.2, 0.25) is 0 Å². The summed E-state index contributed by atoms with van der Waals surface area (Å²) in [6.07, 6.45) is 4.28. The van der Waals surface area contributed by atoms with Crippen LogP contribution in [0.15, 0.2) is 6.07 Å². The van der Waals surface area contributed by atoms with Crippen molar-refractivity contribution in [3.8, 4) is 0 Å². The van der Waals surface area contributed by atoms with E-state index in [-0.39, 0.29) is 9.90 Å². The van der Waals surface area contributed by atoms with Crippen LogP contribution in [-0.2, 0) is 0 Å².